The van der Waals surface area contributed by atoms with Crippen molar-refractivity contribution in [2.45, 2.75) is 6.42 Å². The van der Waals surface area contributed by atoms with Crippen molar-refractivity contribution in [2.24, 2.45) is 0 Å². The molecule has 0 aliphatic heterocycles. The van der Waals surface area contributed by atoms with Gasteiger partial charge in [0.1, 0.15) is 5.01 Å². The van der Waals surface area contributed by atoms with Crippen LogP contribution < -0.4 is 19.5 Å². The largest absolute Gasteiger partial charge is 0.493 e. The van der Waals surface area contributed by atoms with Crippen LogP contribution in [0.5, 0.6) is 17.2 Å². The van der Waals surface area contributed by atoms with Crippen LogP contribution in [0.25, 0.3) is 10.6 Å². The number of nitrogens with zero attached hydrogens (tertiary/aromatic N) is 2. The normalized spacial score (nSPS) is 10.4. The van der Waals surface area contributed by atoms with Gasteiger partial charge in [0.05, 0.1) is 27.0 Å². The Morgan fingerprint density at radius 2 is 1.89 bits per heavy atom. The van der Waals surface area contributed by atoms with Crippen LogP contribution in [0.2, 0.25) is 0 Å². The first-order valence-electron chi connectivity index (χ1n) is 8.59. The van der Waals surface area contributed by atoms with Crippen LogP contribution in [0, 0.1) is 0 Å². The number of benzene rings is 1. The third-order valence-corrected chi connectivity index (χ3v) is 4.99. The van der Waals surface area contributed by atoms with Crippen LogP contribution in [-0.2, 0) is 6.42 Å². The fourth-order valence-electron chi connectivity index (χ4n) is 2.66. The molecule has 28 heavy (non-hydrogen) atoms. The number of carbonyl (C=O) groups is 1. The Kier molecular flexibility index (Phi) is 6.44. The zero-order chi connectivity index (χ0) is 19.9. The number of carbonyl (C=O) groups excluding carboxylic acids is 1. The van der Waals surface area contributed by atoms with Crippen molar-refractivity contribution in [3.63, 3.8) is 0 Å². The van der Waals surface area contributed by atoms with E-state index in [1.807, 2.05) is 17.5 Å². The van der Waals surface area contributed by atoms with Crippen molar-refractivity contribution in [3.05, 3.63) is 53.3 Å². The van der Waals surface area contributed by atoms with Crippen molar-refractivity contribution in [2.75, 3.05) is 27.9 Å². The topological polar surface area (TPSA) is 82.6 Å². The van der Waals surface area contributed by atoms with E-state index < -0.39 is 0 Å². The van der Waals surface area contributed by atoms with Gasteiger partial charge in [-0.05, 0) is 24.3 Å². The molecule has 0 fully saturated rings. The van der Waals surface area contributed by atoms with Crippen molar-refractivity contribution in [3.8, 4) is 27.8 Å². The Balaban J connectivity index is 1.63. The summed E-state index contributed by atoms with van der Waals surface area (Å²) in [6.07, 6.45) is 4.15. The molecule has 0 radical (unpaired) electrons. The van der Waals surface area contributed by atoms with Gasteiger partial charge in [0.15, 0.2) is 11.5 Å². The van der Waals surface area contributed by atoms with Gasteiger partial charge >= 0.3 is 0 Å². The van der Waals surface area contributed by atoms with Gasteiger partial charge in [-0.1, -0.05) is 0 Å². The summed E-state index contributed by atoms with van der Waals surface area (Å²) in [4.78, 5) is 21.2. The van der Waals surface area contributed by atoms with Crippen molar-refractivity contribution >= 4 is 17.2 Å². The number of hydrogen-bond acceptors (Lipinski definition) is 7. The van der Waals surface area contributed by atoms with Crippen molar-refractivity contribution in [1.82, 2.24) is 15.3 Å². The predicted octanol–water partition coefficient (Wildman–Crippen LogP) is 3.20. The number of hydrogen-bond donors (Lipinski definition) is 1. The molecule has 0 bridgehead atoms. The minimum atomic E-state index is -0.220. The summed E-state index contributed by atoms with van der Waals surface area (Å²) < 4.78 is 15.9. The molecule has 0 aliphatic carbocycles. The van der Waals surface area contributed by atoms with Gasteiger partial charge < -0.3 is 19.5 Å². The van der Waals surface area contributed by atoms with Crippen LogP contribution in [-0.4, -0.2) is 43.7 Å². The Bertz CT molecular complexity index is 919. The van der Waals surface area contributed by atoms with E-state index in [2.05, 4.69) is 15.3 Å². The Labute approximate surface area is 167 Å². The number of amides is 1. The summed E-state index contributed by atoms with van der Waals surface area (Å²) >= 11 is 1.56. The average Bonchev–Trinajstić information content (AvgIpc) is 3.22. The highest BCUT2D eigenvalue weighted by molar-refractivity contribution is 7.13. The Morgan fingerprint density at radius 1 is 1.14 bits per heavy atom. The molecule has 0 saturated carbocycles. The maximum atomic E-state index is 12.5. The third kappa shape index (κ3) is 4.40. The Hall–Kier alpha value is -3.13. The van der Waals surface area contributed by atoms with Crippen LogP contribution in [0.1, 0.15) is 16.1 Å². The monoisotopic (exact) mass is 399 g/mol. The lowest BCUT2D eigenvalue weighted by atomic mass is 10.1. The molecule has 2 heterocycles. The molecule has 146 valence electrons. The first kappa shape index (κ1) is 19.6. The van der Waals surface area contributed by atoms with E-state index in [4.69, 9.17) is 14.2 Å². The highest BCUT2D eigenvalue weighted by atomic mass is 32.1. The third-order valence-electron chi connectivity index (χ3n) is 4.05. The second-order valence-electron chi connectivity index (χ2n) is 5.81. The number of methoxy groups -OCH3 is 3. The van der Waals surface area contributed by atoms with E-state index >= 15 is 0 Å². The average molecular weight is 399 g/mol. The lowest BCUT2D eigenvalue weighted by molar-refractivity contribution is 0.0953. The minimum absolute atomic E-state index is 0.220. The number of pyridine rings is 1. The molecular weight excluding hydrogens is 378 g/mol. The van der Waals surface area contributed by atoms with Gasteiger partial charge in [-0.15, -0.1) is 11.3 Å². The number of rotatable bonds is 8. The van der Waals surface area contributed by atoms with E-state index in [0.29, 0.717) is 35.8 Å². The number of aromatic nitrogens is 2. The van der Waals surface area contributed by atoms with Gasteiger partial charge in [0.25, 0.3) is 5.91 Å². The molecule has 0 aliphatic rings. The molecule has 7 nitrogen and oxygen atoms in total. The molecule has 1 N–H and O–H groups in total. The molecule has 8 heteroatoms. The van der Waals surface area contributed by atoms with E-state index in [0.717, 1.165) is 16.3 Å². The molecule has 0 spiro atoms. The molecule has 0 saturated heterocycles. The molecule has 1 amide bonds. The van der Waals surface area contributed by atoms with Gasteiger partial charge in [-0.25, -0.2) is 4.98 Å². The summed E-state index contributed by atoms with van der Waals surface area (Å²) in [5.41, 5.74) is 2.35. The fourth-order valence-corrected chi connectivity index (χ4v) is 3.51. The molecule has 0 unspecified atom stereocenters. The van der Waals surface area contributed by atoms with Crippen molar-refractivity contribution < 1.29 is 19.0 Å². The first-order chi connectivity index (χ1) is 13.7. The molecular formula is C20H21N3O4S. The highest BCUT2D eigenvalue weighted by Crippen LogP contribution is 2.38. The lowest BCUT2D eigenvalue weighted by Gasteiger charge is -2.14. The summed E-state index contributed by atoms with van der Waals surface area (Å²) in [5, 5.41) is 5.81. The molecule has 0 atom stereocenters. The summed E-state index contributed by atoms with van der Waals surface area (Å²) in [7, 11) is 4.55. The number of ether oxygens (including phenoxy) is 3. The first-order valence-corrected chi connectivity index (χ1v) is 9.47. The van der Waals surface area contributed by atoms with Crippen LogP contribution >= 0.6 is 11.3 Å². The quantitative estimate of drug-likeness (QED) is 0.626. The zero-order valence-corrected chi connectivity index (χ0v) is 16.7. The standard InChI is InChI=1S/C20H21N3O4S/c1-25-16-9-14(10-17(26-2)18(16)27-3)19(24)22-8-6-15-12-28-20(23-15)13-5-4-7-21-11-13/h4-5,7,9-12H,6,8H2,1-3H3,(H,22,24). The summed E-state index contributed by atoms with van der Waals surface area (Å²) in [6, 6.07) is 7.11. The van der Waals surface area contributed by atoms with E-state index in [-0.39, 0.29) is 5.91 Å². The summed E-state index contributed by atoms with van der Waals surface area (Å²) in [6.45, 7) is 0.464. The molecule has 3 aromatic rings. The minimum Gasteiger partial charge on any atom is -0.493 e. The number of nitrogens with one attached hydrogen (secondary N) is 1. The van der Waals surface area contributed by atoms with Crippen LogP contribution in [0.4, 0.5) is 0 Å². The number of thiazole rings is 1. The van der Waals surface area contributed by atoms with E-state index in [1.54, 1.807) is 35.9 Å². The van der Waals surface area contributed by atoms with Crippen molar-refractivity contribution in [1.29, 1.82) is 0 Å². The van der Waals surface area contributed by atoms with Crippen LogP contribution in [0.3, 0.4) is 0 Å². The van der Waals surface area contributed by atoms with Gasteiger partial charge in [0.2, 0.25) is 5.75 Å². The van der Waals surface area contributed by atoms with Crippen LogP contribution in [0.15, 0.2) is 42.0 Å². The van der Waals surface area contributed by atoms with Gasteiger partial charge in [0, 0.05) is 41.9 Å². The summed E-state index contributed by atoms with van der Waals surface area (Å²) in [5.74, 6) is 1.11. The Morgan fingerprint density at radius 3 is 2.50 bits per heavy atom. The maximum absolute atomic E-state index is 12.5. The second kappa shape index (κ2) is 9.18. The molecule has 1 aromatic carbocycles. The van der Waals surface area contributed by atoms with E-state index in [9.17, 15) is 4.79 Å². The molecule has 2 aromatic heterocycles. The molecule has 3 rings (SSSR count). The fraction of sp³-hybridized carbons (Fsp3) is 0.250. The predicted molar refractivity (Wildman–Crippen MR) is 107 cm³/mol. The lowest BCUT2D eigenvalue weighted by Crippen LogP contribution is -2.25. The smallest absolute Gasteiger partial charge is 0.251 e. The highest BCUT2D eigenvalue weighted by Gasteiger charge is 2.17. The maximum Gasteiger partial charge on any atom is 0.251 e. The zero-order valence-electron chi connectivity index (χ0n) is 15.9. The van der Waals surface area contributed by atoms with E-state index in [1.165, 1.54) is 21.3 Å². The van der Waals surface area contributed by atoms with Gasteiger partial charge in [-0.2, -0.15) is 0 Å². The SMILES string of the molecule is COc1cc(C(=O)NCCc2csc(-c3cccnc3)n2)cc(OC)c1OC. The van der Waals surface area contributed by atoms with Gasteiger partial charge in [-0.3, -0.25) is 9.78 Å². The second-order valence-corrected chi connectivity index (χ2v) is 6.66.